The fraction of sp³-hybridized carbons (Fsp3) is 1.00. The summed E-state index contributed by atoms with van der Waals surface area (Å²) in [4.78, 5) is 0. The lowest BCUT2D eigenvalue weighted by Crippen LogP contribution is -2.60. The van der Waals surface area contributed by atoms with Gasteiger partial charge in [0.05, 0.1) is 36.6 Å². The van der Waals surface area contributed by atoms with Gasteiger partial charge in [-0.25, -0.2) is 0 Å². The Morgan fingerprint density at radius 2 is 1.74 bits per heavy atom. The van der Waals surface area contributed by atoms with E-state index in [1.807, 2.05) is 20.8 Å². The summed E-state index contributed by atoms with van der Waals surface area (Å²) in [6.07, 6.45) is 8.19. The van der Waals surface area contributed by atoms with Crippen molar-refractivity contribution in [3.8, 4) is 0 Å². The van der Waals surface area contributed by atoms with Gasteiger partial charge in [-0.05, 0) is 117 Å². The van der Waals surface area contributed by atoms with Crippen molar-refractivity contribution in [3.05, 3.63) is 0 Å². The number of morpholine rings is 1. The fourth-order valence-electron chi connectivity index (χ4n) is 13.5. The zero-order valence-corrected chi connectivity index (χ0v) is 28.3. The number of aliphatic hydroxyl groups excluding tert-OH is 1. The van der Waals surface area contributed by atoms with Crippen LogP contribution < -0.4 is 5.32 Å². The maximum Gasteiger partial charge on any atom is 0.170 e. The van der Waals surface area contributed by atoms with Crippen molar-refractivity contribution in [1.29, 1.82) is 0 Å². The molecule has 2 aliphatic heterocycles. The maximum atomic E-state index is 12.5. The SMILES string of the molecule is CCO[C@@H](C1C[C@@H](C)[C@H]2C(O1)[C@H](O)[C@@]1(C)C3CCC4C(C)(C)[C@@H](O[C@H]5CNCCO5)CC[C@@]45CC35CC[C@]21C)C(C)(C)O. The number of rotatable bonds is 6. The monoisotopic (exact) mass is 603 g/mol. The van der Waals surface area contributed by atoms with E-state index in [1.165, 1.54) is 38.5 Å². The van der Waals surface area contributed by atoms with Crippen LogP contribution in [0.25, 0.3) is 0 Å². The summed E-state index contributed by atoms with van der Waals surface area (Å²) < 4.78 is 25.7. The summed E-state index contributed by atoms with van der Waals surface area (Å²) in [6.45, 7) is 20.9. The van der Waals surface area contributed by atoms with Crippen LogP contribution >= 0.6 is 0 Å². The van der Waals surface area contributed by atoms with E-state index in [-0.39, 0.29) is 40.8 Å². The van der Waals surface area contributed by atoms with Gasteiger partial charge >= 0.3 is 0 Å². The quantitative estimate of drug-likeness (QED) is 0.379. The molecule has 2 saturated heterocycles. The Kier molecular flexibility index (Phi) is 7.37. The third kappa shape index (κ3) is 4.10. The van der Waals surface area contributed by atoms with Crippen LogP contribution in [0.2, 0.25) is 0 Å². The minimum absolute atomic E-state index is 0.0327. The molecule has 0 amide bonds. The number of hydrogen-bond acceptors (Lipinski definition) is 7. The first-order chi connectivity index (χ1) is 20.2. The minimum atomic E-state index is -1.00. The zero-order chi connectivity index (χ0) is 30.8. The molecule has 5 saturated carbocycles. The standard InChI is InChI=1S/C36H61NO6/c1-9-40-30(32(5,6)39)22-18-21(2)27-28(42-22)29(38)34(8)24-11-10-23-31(3,4)25(43-26-19-37-16-17-41-26)12-13-35(23)20-36(24,35)15-14-33(27,34)7/h21-30,37-39H,9-20H2,1-8H3/t21-,22?,23?,24?,25+,26+,27+,28?,29+,30+,33-,34-,35-,36?/m1/s1. The molecular weight excluding hydrogens is 542 g/mol. The molecule has 2 heterocycles. The van der Waals surface area contributed by atoms with E-state index in [0.717, 1.165) is 32.5 Å². The molecule has 7 heteroatoms. The Hall–Kier alpha value is -0.280. The second-order valence-corrected chi connectivity index (χ2v) is 17.7. The first kappa shape index (κ1) is 31.3. The second kappa shape index (κ2) is 10.1. The van der Waals surface area contributed by atoms with E-state index in [0.29, 0.717) is 41.1 Å². The molecule has 0 bridgehead atoms. The molecule has 7 nitrogen and oxygen atoms in total. The van der Waals surface area contributed by atoms with Crippen molar-refractivity contribution in [2.75, 3.05) is 26.3 Å². The van der Waals surface area contributed by atoms with Crippen molar-refractivity contribution in [2.45, 2.75) is 149 Å². The molecule has 2 spiro atoms. The molecule has 7 fully saturated rings. The van der Waals surface area contributed by atoms with E-state index >= 15 is 0 Å². The molecule has 0 radical (unpaired) electrons. The highest BCUT2D eigenvalue weighted by Crippen LogP contribution is 2.89. The molecule has 3 N–H and O–H groups in total. The molecule has 5 unspecified atom stereocenters. The first-order valence-electron chi connectivity index (χ1n) is 17.8. The molecule has 0 aromatic rings. The summed E-state index contributed by atoms with van der Waals surface area (Å²) >= 11 is 0. The van der Waals surface area contributed by atoms with Crippen molar-refractivity contribution in [1.82, 2.24) is 5.32 Å². The number of hydrogen-bond donors (Lipinski definition) is 3. The van der Waals surface area contributed by atoms with Gasteiger partial charge in [-0.1, -0.05) is 34.6 Å². The lowest BCUT2D eigenvalue weighted by atomic mass is 9.41. The number of fused-ring (bicyclic) bond motifs is 4. The molecule has 7 aliphatic rings. The Bertz CT molecular complexity index is 1070. The zero-order valence-electron chi connectivity index (χ0n) is 28.3. The van der Waals surface area contributed by atoms with Gasteiger partial charge in [-0.3, -0.25) is 0 Å². The van der Waals surface area contributed by atoms with E-state index in [9.17, 15) is 10.2 Å². The van der Waals surface area contributed by atoms with Crippen LogP contribution in [-0.2, 0) is 18.9 Å². The van der Waals surface area contributed by atoms with Crippen molar-refractivity contribution in [2.24, 2.45) is 50.7 Å². The highest BCUT2D eigenvalue weighted by molar-refractivity contribution is 5.33. The third-order valence-corrected chi connectivity index (χ3v) is 15.4. The van der Waals surface area contributed by atoms with E-state index in [4.69, 9.17) is 18.9 Å². The molecule has 43 heavy (non-hydrogen) atoms. The Morgan fingerprint density at radius 3 is 2.42 bits per heavy atom. The summed E-state index contributed by atoms with van der Waals surface area (Å²) in [5.41, 5.74) is -0.354. The average Bonchev–Trinajstić information content (AvgIpc) is 3.58. The highest BCUT2D eigenvalue weighted by Gasteiger charge is 2.84. The molecule has 5 aliphatic carbocycles. The summed E-state index contributed by atoms with van der Waals surface area (Å²) in [7, 11) is 0. The van der Waals surface area contributed by atoms with Crippen LogP contribution in [-0.4, -0.2) is 78.9 Å². The first-order valence-corrected chi connectivity index (χ1v) is 17.8. The van der Waals surface area contributed by atoms with Crippen LogP contribution in [0.3, 0.4) is 0 Å². The normalized spacial score (nSPS) is 54.4. The van der Waals surface area contributed by atoms with Crippen molar-refractivity contribution in [3.63, 3.8) is 0 Å². The lowest BCUT2D eigenvalue weighted by molar-refractivity contribution is -0.237. The van der Waals surface area contributed by atoms with E-state index < -0.39 is 17.8 Å². The summed E-state index contributed by atoms with van der Waals surface area (Å²) in [6, 6.07) is 0. The smallest absolute Gasteiger partial charge is 0.170 e. The van der Waals surface area contributed by atoms with E-state index in [2.05, 4.69) is 39.9 Å². The summed E-state index contributed by atoms with van der Waals surface area (Å²) in [5.74, 6) is 1.89. The van der Waals surface area contributed by atoms with Crippen molar-refractivity contribution >= 4 is 0 Å². The average molecular weight is 604 g/mol. The van der Waals surface area contributed by atoms with Crippen LogP contribution in [0.4, 0.5) is 0 Å². The molecule has 14 atom stereocenters. The number of aliphatic hydroxyl groups is 2. The third-order valence-electron chi connectivity index (χ3n) is 15.4. The molecule has 246 valence electrons. The predicted octanol–water partition coefficient (Wildman–Crippen LogP) is 5.31. The number of ether oxygens (including phenoxy) is 4. The second-order valence-electron chi connectivity index (χ2n) is 17.7. The van der Waals surface area contributed by atoms with Gasteiger partial charge in [0.1, 0.15) is 6.10 Å². The number of nitrogens with one attached hydrogen (secondary N) is 1. The van der Waals surface area contributed by atoms with Gasteiger partial charge in [0.2, 0.25) is 0 Å². The topological polar surface area (TPSA) is 89.4 Å². The molecule has 0 aromatic heterocycles. The molecular formula is C36H61NO6. The van der Waals surface area contributed by atoms with Gasteiger partial charge in [-0.2, -0.15) is 0 Å². The van der Waals surface area contributed by atoms with Gasteiger partial charge in [0.25, 0.3) is 0 Å². The van der Waals surface area contributed by atoms with Gasteiger partial charge in [0, 0.05) is 25.1 Å². The van der Waals surface area contributed by atoms with Crippen LogP contribution in [0.15, 0.2) is 0 Å². The Labute approximate surface area is 260 Å². The van der Waals surface area contributed by atoms with Crippen LogP contribution in [0.5, 0.6) is 0 Å². The fourth-order valence-corrected chi connectivity index (χ4v) is 13.5. The predicted molar refractivity (Wildman–Crippen MR) is 165 cm³/mol. The van der Waals surface area contributed by atoms with Gasteiger partial charge < -0.3 is 34.5 Å². The maximum absolute atomic E-state index is 12.5. The minimum Gasteiger partial charge on any atom is -0.390 e. The van der Waals surface area contributed by atoms with Crippen LogP contribution in [0.1, 0.15) is 107 Å². The van der Waals surface area contributed by atoms with Gasteiger partial charge in [-0.15, -0.1) is 0 Å². The Balaban J connectivity index is 1.16. The van der Waals surface area contributed by atoms with Gasteiger partial charge in [0.15, 0.2) is 6.29 Å². The lowest BCUT2D eigenvalue weighted by Gasteiger charge is -2.64. The largest absolute Gasteiger partial charge is 0.390 e. The van der Waals surface area contributed by atoms with Crippen LogP contribution in [0, 0.1) is 50.7 Å². The van der Waals surface area contributed by atoms with E-state index in [1.54, 1.807) is 0 Å². The Morgan fingerprint density at radius 1 is 1.02 bits per heavy atom. The highest BCUT2D eigenvalue weighted by atomic mass is 16.7. The van der Waals surface area contributed by atoms with Crippen molar-refractivity contribution < 1.29 is 29.2 Å². The molecule has 7 rings (SSSR count). The summed E-state index contributed by atoms with van der Waals surface area (Å²) in [5, 5.41) is 27.0. The molecule has 0 aromatic carbocycles.